The third-order valence-electron chi connectivity index (χ3n) is 6.31. The molecule has 0 bridgehead atoms. The van der Waals surface area contributed by atoms with Crippen LogP contribution in [0, 0.1) is 0 Å². The Bertz CT molecular complexity index is 1270. The van der Waals surface area contributed by atoms with E-state index >= 15 is 0 Å². The van der Waals surface area contributed by atoms with Crippen LogP contribution in [0.15, 0.2) is 59.6 Å². The molecule has 2 atom stereocenters. The Morgan fingerprint density at radius 2 is 1.44 bits per heavy atom. The SMILES string of the molecule is COc1cc(C2=N[C@@](C)(c3ccc(Cl)cc3)[C@@](C)(c3ccc(Cl)cc3)N2C(=O)Cl)c(OC)nn1. The average molecular weight is 520 g/mol. The molecule has 7 nitrogen and oxygen atoms in total. The van der Waals surface area contributed by atoms with Crippen molar-refractivity contribution in [2.75, 3.05) is 14.2 Å². The highest BCUT2D eigenvalue weighted by molar-refractivity contribution is 6.64. The van der Waals surface area contributed by atoms with Crippen molar-refractivity contribution in [2.45, 2.75) is 24.9 Å². The van der Waals surface area contributed by atoms with Crippen LogP contribution in [-0.4, -0.2) is 40.5 Å². The number of halogens is 3. The van der Waals surface area contributed by atoms with Gasteiger partial charge in [-0.25, -0.2) is 0 Å². The van der Waals surface area contributed by atoms with Crippen LogP contribution in [0.5, 0.6) is 11.8 Å². The molecule has 0 aliphatic carbocycles. The van der Waals surface area contributed by atoms with E-state index < -0.39 is 16.4 Å². The molecule has 2 heterocycles. The van der Waals surface area contributed by atoms with E-state index in [0.29, 0.717) is 15.6 Å². The van der Waals surface area contributed by atoms with Gasteiger partial charge in [-0.1, -0.05) is 47.5 Å². The normalized spacial score (nSPS) is 21.9. The Kier molecular flexibility index (Phi) is 6.46. The van der Waals surface area contributed by atoms with Gasteiger partial charge in [0.2, 0.25) is 11.8 Å². The second-order valence-electron chi connectivity index (χ2n) is 7.99. The fourth-order valence-electron chi connectivity index (χ4n) is 4.32. The summed E-state index contributed by atoms with van der Waals surface area (Å²) in [7, 11) is 2.93. The fourth-order valence-corrected chi connectivity index (χ4v) is 4.82. The molecule has 2 aromatic carbocycles. The first-order valence-corrected chi connectivity index (χ1v) is 11.4. The predicted molar refractivity (Wildman–Crippen MR) is 132 cm³/mol. The molecule has 0 spiro atoms. The fraction of sp³-hybridized carbons (Fsp3) is 0.250. The summed E-state index contributed by atoms with van der Waals surface area (Å²) in [6.07, 6.45) is 0. The van der Waals surface area contributed by atoms with Gasteiger partial charge in [0.05, 0.1) is 19.8 Å². The molecular formula is C24H21Cl3N4O3. The first-order chi connectivity index (χ1) is 16.2. The standard InChI is InChI=1S/C24H21Cl3N4O3/c1-23(14-5-9-16(25)10-6-14)24(2,15-7-11-17(26)12-8-15)31(22(27)32)20(28-23)18-13-19(33-3)29-30-21(18)34-4/h5-13H,1-4H3/t23-,24+/m0/s1. The number of amidine groups is 1. The smallest absolute Gasteiger partial charge is 0.322 e. The predicted octanol–water partition coefficient (Wildman–Crippen LogP) is 6.05. The highest BCUT2D eigenvalue weighted by Crippen LogP contribution is 2.54. The van der Waals surface area contributed by atoms with Gasteiger partial charge >= 0.3 is 5.37 Å². The molecule has 0 radical (unpaired) electrons. The quantitative estimate of drug-likeness (QED) is 0.303. The molecule has 1 aliphatic heterocycles. The van der Waals surface area contributed by atoms with Crippen LogP contribution in [0.4, 0.5) is 4.79 Å². The van der Waals surface area contributed by atoms with E-state index in [-0.39, 0.29) is 17.6 Å². The maximum absolute atomic E-state index is 13.1. The average Bonchev–Trinajstić information content (AvgIpc) is 3.08. The van der Waals surface area contributed by atoms with Crippen LogP contribution in [0.3, 0.4) is 0 Å². The number of aromatic nitrogens is 2. The van der Waals surface area contributed by atoms with Gasteiger partial charge in [0, 0.05) is 16.1 Å². The number of rotatable bonds is 5. The maximum atomic E-state index is 13.1. The summed E-state index contributed by atoms with van der Waals surface area (Å²) in [4.78, 5) is 19.6. The van der Waals surface area contributed by atoms with Gasteiger partial charge in [0.15, 0.2) is 0 Å². The van der Waals surface area contributed by atoms with E-state index in [9.17, 15) is 4.79 Å². The molecule has 0 N–H and O–H groups in total. The van der Waals surface area contributed by atoms with Crippen molar-refractivity contribution < 1.29 is 14.3 Å². The first-order valence-electron chi connectivity index (χ1n) is 10.2. The van der Waals surface area contributed by atoms with E-state index in [2.05, 4.69) is 10.2 Å². The van der Waals surface area contributed by atoms with Crippen LogP contribution < -0.4 is 9.47 Å². The van der Waals surface area contributed by atoms with Crippen LogP contribution in [0.25, 0.3) is 0 Å². The van der Waals surface area contributed by atoms with Crippen LogP contribution >= 0.6 is 34.8 Å². The van der Waals surface area contributed by atoms with Crippen molar-refractivity contribution in [1.29, 1.82) is 0 Å². The van der Waals surface area contributed by atoms with Crippen molar-refractivity contribution in [3.8, 4) is 11.8 Å². The van der Waals surface area contributed by atoms with Gasteiger partial charge < -0.3 is 9.47 Å². The van der Waals surface area contributed by atoms with Crippen molar-refractivity contribution in [2.24, 2.45) is 4.99 Å². The van der Waals surface area contributed by atoms with Crippen molar-refractivity contribution in [3.05, 3.63) is 81.3 Å². The van der Waals surface area contributed by atoms with Crippen LogP contribution in [0.2, 0.25) is 10.0 Å². The molecule has 34 heavy (non-hydrogen) atoms. The molecule has 1 amide bonds. The molecule has 0 fully saturated rings. The zero-order valence-electron chi connectivity index (χ0n) is 18.8. The van der Waals surface area contributed by atoms with Gasteiger partial charge in [0.25, 0.3) is 0 Å². The lowest BCUT2D eigenvalue weighted by atomic mass is 9.71. The van der Waals surface area contributed by atoms with Crippen LogP contribution in [-0.2, 0) is 11.1 Å². The monoisotopic (exact) mass is 518 g/mol. The summed E-state index contributed by atoms with van der Waals surface area (Å²) in [6, 6.07) is 16.1. The minimum absolute atomic E-state index is 0.168. The summed E-state index contributed by atoms with van der Waals surface area (Å²) < 4.78 is 10.7. The number of hydrogen-bond donors (Lipinski definition) is 0. The van der Waals surface area contributed by atoms with E-state index in [1.54, 1.807) is 30.3 Å². The number of hydrogen-bond acceptors (Lipinski definition) is 6. The number of benzene rings is 2. The number of amides is 1. The van der Waals surface area contributed by atoms with Gasteiger partial charge in [-0.2, -0.15) is 0 Å². The summed E-state index contributed by atoms with van der Waals surface area (Å²) in [6.45, 7) is 3.84. The Morgan fingerprint density at radius 3 is 1.94 bits per heavy atom. The van der Waals surface area contributed by atoms with Crippen molar-refractivity contribution in [1.82, 2.24) is 15.1 Å². The number of nitrogens with zero attached hydrogens (tertiary/aromatic N) is 4. The van der Waals surface area contributed by atoms with Crippen LogP contribution in [0.1, 0.15) is 30.5 Å². The zero-order chi connectivity index (χ0) is 24.7. The first kappa shape index (κ1) is 24.3. The molecule has 176 valence electrons. The van der Waals surface area contributed by atoms with Gasteiger partial charge in [-0.15, -0.1) is 10.2 Å². The van der Waals surface area contributed by atoms with Gasteiger partial charge in [-0.05, 0) is 60.8 Å². The van der Waals surface area contributed by atoms with E-state index in [4.69, 9.17) is 49.3 Å². The minimum Gasteiger partial charge on any atom is -0.480 e. The lowest BCUT2D eigenvalue weighted by molar-refractivity contribution is 0.149. The molecule has 0 saturated heterocycles. The second-order valence-corrected chi connectivity index (χ2v) is 9.19. The molecule has 0 saturated carbocycles. The number of carbonyl (C=O) groups excluding carboxylic acids is 1. The Balaban J connectivity index is 2.06. The summed E-state index contributed by atoms with van der Waals surface area (Å²) >= 11 is 18.6. The van der Waals surface area contributed by atoms with Gasteiger partial charge in [0.1, 0.15) is 16.9 Å². The molecule has 0 unspecified atom stereocenters. The molecule has 3 aromatic rings. The largest absolute Gasteiger partial charge is 0.480 e. The number of ether oxygens (including phenoxy) is 2. The molecule has 1 aromatic heterocycles. The van der Waals surface area contributed by atoms with E-state index in [1.807, 2.05) is 38.1 Å². The lowest BCUT2D eigenvalue weighted by Gasteiger charge is -2.44. The molecular weight excluding hydrogens is 499 g/mol. The summed E-state index contributed by atoms with van der Waals surface area (Å²) in [5, 5.41) is 8.45. The minimum atomic E-state index is -1.07. The van der Waals surface area contributed by atoms with E-state index in [1.165, 1.54) is 19.1 Å². The highest BCUT2D eigenvalue weighted by atomic mass is 35.5. The zero-order valence-corrected chi connectivity index (χ0v) is 21.1. The Hall–Kier alpha value is -2.87. The molecule has 1 aliphatic rings. The maximum Gasteiger partial charge on any atom is 0.322 e. The molecule has 10 heteroatoms. The second kappa shape index (κ2) is 9.06. The molecule has 4 rings (SSSR count). The third-order valence-corrected chi connectivity index (χ3v) is 6.98. The van der Waals surface area contributed by atoms with Crippen molar-refractivity contribution in [3.63, 3.8) is 0 Å². The lowest BCUT2D eigenvalue weighted by Crippen LogP contribution is -2.53. The Morgan fingerprint density at radius 1 is 0.882 bits per heavy atom. The summed E-state index contributed by atoms with van der Waals surface area (Å²) in [5.41, 5.74) is -0.0648. The Labute approximate surface area is 212 Å². The number of methoxy groups -OCH3 is 2. The topological polar surface area (TPSA) is 76.9 Å². The third kappa shape index (κ3) is 3.78. The summed E-state index contributed by atoms with van der Waals surface area (Å²) in [5.74, 6) is 0.662. The highest BCUT2D eigenvalue weighted by Gasteiger charge is 2.59. The number of carbonyl (C=O) groups is 1. The van der Waals surface area contributed by atoms with Crippen molar-refractivity contribution >= 4 is 46.0 Å². The van der Waals surface area contributed by atoms with Gasteiger partial charge in [-0.3, -0.25) is 14.7 Å². The number of aliphatic imine (C=N–C) groups is 1. The van der Waals surface area contributed by atoms with E-state index in [0.717, 1.165) is 11.1 Å².